The molecule has 0 saturated carbocycles. The smallest absolute Gasteiger partial charge is 0.228 e. The number of benzene rings is 8. The molecule has 0 spiro atoms. The number of pyridine rings is 1. The van der Waals surface area contributed by atoms with Crippen LogP contribution in [0, 0.1) is 0 Å². The lowest BCUT2D eigenvalue weighted by Crippen LogP contribution is -1.98. The van der Waals surface area contributed by atoms with Gasteiger partial charge in [0.15, 0.2) is 5.82 Å². The van der Waals surface area contributed by atoms with Crippen LogP contribution in [-0.4, -0.2) is 19.5 Å². The van der Waals surface area contributed by atoms with Gasteiger partial charge in [-0.15, -0.1) is 0 Å². The van der Waals surface area contributed by atoms with E-state index in [9.17, 15) is 0 Å². The highest BCUT2D eigenvalue weighted by molar-refractivity contribution is 6.20. The van der Waals surface area contributed by atoms with Crippen LogP contribution in [0.25, 0.3) is 116 Å². The largest absolute Gasteiger partial charge is 0.438 e. The van der Waals surface area contributed by atoms with Crippen LogP contribution >= 0.6 is 0 Å². The van der Waals surface area contributed by atoms with Crippen molar-refractivity contribution in [2.24, 2.45) is 0 Å². The van der Waals surface area contributed by atoms with Crippen molar-refractivity contribution in [1.29, 1.82) is 0 Å². The standard InChI is InChI=1S/C53H32N4O/c1-2-13-36-30-37(29-24-33(36)12-1)46-32-45(54-52(55-46)38-14-11-15-39(31-38)57-47-21-8-5-16-40(47)41-17-6-9-22-48(41)57)34-25-27-35(28-26-34)51-43-19-4-3-18-42(43)50-44-20-7-10-23-49(44)58-53(50)56-51/h1-32H. The zero-order chi connectivity index (χ0) is 38.2. The van der Waals surface area contributed by atoms with E-state index in [4.69, 9.17) is 19.4 Å². The van der Waals surface area contributed by atoms with Crippen LogP contribution in [0.2, 0.25) is 0 Å². The maximum atomic E-state index is 6.30. The number of hydrogen-bond acceptors (Lipinski definition) is 4. The SMILES string of the molecule is c1cc(-c2nc(-c3ccc(-c4nc5oc6ccccc6c5c5ccccc45)cc3)cc(-c3ccc4ccccc4c3)n2)cc(-n2c3ccccc3c3ccccc32)c1. The van der Waals surface area contributed by atoms with E-state index >= 15 is 0 Å². The van der Waals surface area contributed by atoms with Gasteiger partial charge in [0.2, 0.25) is 5.71 Å². The fraction of sp³-hybridized carbons (Fsp3) is 0. The number of fused-ring (bicyclic) bond motifs is 9. The Kier molecular flexibility index (Phi) is 7.16. The summed E-state index contributed by atoms with van der Waals surface area (Å²) in [4.78, 5) is 15.7. The quantitative estimate of drug-likeness (QED) is 0.176. The van der Waals surface area contributed by atoms with Crippen molar-refractivity contribution >= 4 is 65.4 Å². The van der Waals surface area contributed by atoms with Crippen molar-refractivity contribution < 1.29 is 4.42 Å². The van der Waals surface area contributed by atoms with E-state index in [1.54, 1.807) is 0 Å². The third-order valence-corrected chi connectivity index (χ3v) is 11.4. The van der Waals surface area contributed by atoms with Gasteiger partial charge in [0.05, 0.1) is 33.5 Å². The maximum absolute atomic E-state index is 6.30. The van der Waals surface area contributed by atoms with Crippen molar-refractivity contribution in [3.8, 4) is 50.8 Å². The minimum absolute atomic E-state index is 0.641. The third kappa shape index (κ3) is 5.14. The minimum atomic E-state index is 0.641. The summed E-state index contributed by atoms with van der Waals surface area (Å²) >= 11 is 0. The number of furan rings is 1. The van der Waals surface area contributed by atoms with Crippen LogP contribution in [0.15, 0.2) is 199 Å². The Labute approximate surface area is 333 Å². The van der Waals surface area contributed by atoms with E-state index in [0.29, 0.717) is 11.5 Å². The lowest BCUT2D eigenvalue weighted by atomic mass is 9.99. The van der Waals surface area contributed by atoms with Gasteiger partial charge in [-0.25, -0.2) is 15.0 Å². The van der Waals surface area contributed by atoms with E-state index in [2.05, 4.69) is 180 Å². The van der Waals surface area contributed by atoms with Crippen LogP contribution in [-0.2, 0) is 0 Å². The molecule has 58 heavy (non-hydrogen) atoms. The molecule has 0 fully saturated rings. The summed E-state index contributed by atoms with van der Waals surface area (Å²) in [6.45, 7) is 0. The molecule has 5 nitrogen and oxygen atoms in total. The van der Waals surface area contributed by atoms with E-state index in [1.807, 2.05) is 18.2 Å². The van der Waals surface area contributed by atoms with Crippen LogP contribution in [0.4, 0.5) is 0 Å². The van der Waals surface area contributed by atoms with Crippen molar-refractivity contribution in [1.82, 2.24) is 19.5 Å². The third-order valence-electron chi connectivity index (χ3n) is 11.4. The Balaban J connectivity index is 1.01. The van der Waals surface area contributed by atoms with E-state index < -0.39 is 0 Å². The van der Waals surface area contributed by atoms with Gasteiger partial charge in [-0.3, -0.25) is 0 Å². The first-order chi connectivity index (χ1) is 28.7. The second-order valence-corrected chi connectivity index (χ2v) is 14.8. The Morgan fingerprint density at radius 2 is 0.983 bits per heavy atom. The topological polar surface area (TPSA) is 56.7 Å². The highest BCUT2D eigenvalue weighted by Crippen LogP contribution is 2.39. The molecular formula is C53H32N4O. The van der Waals surface area contributed by atoms with Crippen LogP contribution in [0.3, 0.4) is 0 Å². The maximum Gasteiger partial charge on any atom is 0.228 e. The van der Waals surface area contributed by atoms with Crippen LogP contribution < -0.4 is 0 Å². The molecule has 12 aromatic rings. The van der Waals surface area contributed by atoms with Gasteiger partial charge in [0, 0.05) is 49.5 Å². The molecule has 4 heterocycles. The first-order valence-electron chi connectivity index (χ1n) is 19.5. The summed E-state index contributed by atoms with van der Waals surface area (Å²) in [6.07, 6.45) is 0. The Hall–Kier alpha value is -7.89. The van der Waals surface area contributed by atoms with E-state index in [0.717, 1.165) is 83.2 Å². The normalized spacial score (nSPS) is 11.8. The molecule has 12 rings (SSSR count). The number of aromatic nitrogens is 4. The molecule has 0 aliphatic heterocycles. The Morgan fingerprint density at radius 3 is 1.76 bits per heavy atom. The second kappa shape index (κ2) is 12.8. The average Bonchev–Trinajstić information content (AvgIpc) is 3.85. The van der Waals surface area contributed by atoms with Gasteiger partial charge < -0.3 is 8.98 Å². The fourth-order valence-electron chi connectivity index (χ4n) is 8.67. The van der Waals surface area contributed by atoms with Gasteiger partial charge >= 0.3 is 0 Å². The molecule has 0 aliphatic rings. The van der Waals surface area contributed by atoms with Gasteiger partial charge in [0.1, 0.15) is 5.58 Å². The molecule has 8 aromatic carbocycles. The zero-order valence-electron chi connectivity index (χ0n) is 31.2. The average molecular weight is 741 g/mol. The summed E-state index contributed by atoms with van der Waals surface area (Å²) < 4.78 is 8.63. The second-order valence-electron chi connectivity index (χ2n) is 14.8. The lowest BCUT2D eigenvalue weighted by molar-refractivity contribution is 0.655. The molecule has 0 saturated heterocycles. The predicted molar refractivity (Wildman–Crippen MR) is 238 cm³/mol. The van der Waals surface area contributed by atoms with Crippen molar-refractivity contribution in [2.75, 3.05) is 0 Å². The molecule has 0 amide bonds. The Morgan fingerprint density at radius 1 is 0.379 bits per heavy atom. The molecule has 0 aliphatic carbocycles. The molecule has 0 bridgehead atoms. The molecule has 5 heteroatoms. The van der Waals surface area contributed by atoms with Gasteiger partial charge in [0.25, 0.3) is 0 Å². The zero-order valence-corrected chi connectivity index (χ0v) is 31.2. The van der Waals surface area contributed by atoms with Crippen molar-refractivity contribution in [2.45, 2.75) is 0 Å². The Bertz CT molecular complexity index is 3530. The minimum Gasteiger partial charge on any atom is -0.438 e. The summed E-state index contributed by atoms with van der Waals surface area (Å²) in [5, 5.41) is 9.14. The molecule has 0 atom stereocenters. The fourth-order valence-corrected chi connectivity index (χ4v) is 8.67. The van der Waals surface area contributed by atoms with Gasteiger partial charge in [-0.1, -0.05) is 152 Å². The van der Waals surface area contributed by atoms with Crippen molar-refractivity contribution in [3.05, 3.63) is 194 Å². The van der Waals surface area contributed by atoms with E-state index in [-0.39, 0.29) is 0 Å². The first kappa shape index (κ1) is 32.4. The first-order valence-corrected chi connectivity index (χ1v) is 19.5. The predicted octanol–water partition coefficient (Wildman–Crippen LogP) is 13.8. The summed E-state index contributed by atoms with van der Waals surface area (Å²) in [5.74, 6) is 0.662. The number of hydrogen-bond donors (Lipinski definition) is 0. The lowest BCUT2D eigenvalue weighted by Gasteiger charge is -2.13. The number of para-hydroxylation sites is 3. The molecule has 4 aromatic heterocycles. The van der Waals surface area contributed by atoms with Crippen LogP contribution in [0.1, 0.15) is 0 Å². The highest BCUT2D eigenvalue weighted by atomic mass is 16.3. The van der Waals surface area contributed by atoms with Gasteiger partial charge in [-0.05, 0) is 58.6 Å². The highest BCUT2D eigenvalue weighted by Gasteiger charge is 2.18. The van der Waals surface area contributed by atoms with E-state index in [1.165, 1.54) is 21.5 Å². The van der Waals surface area contributed by atoms with Crippen LogP contribution in [0.5, 0.6) is 0 Å². The number of rotatable bonds is 5. The van der Waals surface area contributed by atoms with Gasteiger partial charge in [-0.2, -0.15) is 0 Å². The molecule has 270 valence electrons. The molecular weight excluding hydrogens is 709 g/mol. The summed E-state index contributed by atoms with van der Waals surface area (Å²) in [5.41, 5.74) is 11.4. The molecule has 0 radical (unpaired) electrons. The molecule has 0 unspecified atom stereocenters. The summed E-state index contributed by atoms with van der Waals surface area (Å²) in [6, 6.07) is 68.0. The summed E-state index contributed by atoms with van der Waals surface area (Å²) in [7, 11) is 0. The molecule has 0 N–H and O–H groups in total. The number of nitrogens with zero attached hydrogens (tertiary/aromatic N) is 4. The monoisotopic (exact) mass is 740 g/mol. The van der Waals surface area contributed by atoms with Crippen molar-refractivity contribution in [3.63, 3.8) is 0 Å².